The van der Waals surface area contributed by atoms with Crippen molar-refractivity contribution in [2.24, 2.45) is 17.8 Å². The number of rotatable bonds is 13. The van der Waals surface area contributed by atoms with E-state index in [1.165, 1.54) is 17.0 Å². The zero-order valence-corrected chi connectivity index (χ0v) is 35.8. The fourth-order valence-corrected chi connectivity index (χ4v) is 10.2. The number of para-hydroxylation sites is 1. The SMILES string of the molecule is Cc1ncsc1-c1ccc(C(C)(S)NC(=O)[C@@H]2C[C@@H](O)CN2C(=O)[C@@H](c2cc(OCCN3C[C@@H]4[C@H](C3)[C@H]4c3cc4cc(-c5cccc(F)c5O)nnc4[nH]3)no2)C(C)C)cc1. The van der Waals surface area contributed by atoms with Gasteiger partial charge in [0.15, 0.2) is 23.0 Å². The lowest BCUT2D eigenvalue weighted by Gasteiger charge is -2.32. The van der Waals surface area contributed by atoms with Gasteiger partial charge in [-0.25, -0.2) is 9.37 Å². The van der Waals surface area contributed by atoms with Gasteiger partial charge in [-0.1, -0.05) is 44.2 Å². The van der Waals surface area contributed by atoms with Gasteiger partial charge in [-0.3, -0.25) is 14.5 Å². The molecule has 9 rings (SSSR count). The minimum atomic E-state index is -1.05. The third-order valence-corrected chi connectivity index (χ3v) is 13.7. The molecule has 1 aliphatic carbocycles. The van der Waals surface area contributed by atoms with Crippen molar-refractivity contribution in [3.63, 3.8) is 0 Å². The summed E-state index contributed by atoms with van der Waals surface area (Å²) in [5, 5.41) is 37.4. The lowest BCUT2D eigenvalue weighted by molar-refractivity contribution is -0.141. The average Bonchev–Trinajstić information content (AvgIpc) is 3.92. The number of amides is 2. The van der Waals surface area contributed by atoms with Crippen LogP contribution in [-0.2, 0) is 14.5 Å². The Balaban J connectivity index is 0.780. The number of fused-ring (bicyclic) bond motifs is 2. The Bertz CT molecular complexity index is 2580. The van der Waals surface area contributed by atoms with Gasteiger partial charge in [-0.2, -0.15) is 0 Å². The van der Waals surface area contributed by atoms with Gasteiger partial charge in [0.1, 0.15) is 23.4 Å². The Hall–Kier alpha value is -5.36. The number of phenols is 1. The molecule has 4 aromatic heterocycles. The molecule has 17 heteroatoms. The maximum Gasteiger partial charge on any atom is 0.254 e. The van der Waals surface area contributed by atoms with E-state index in [0.29, 0.717) is 53.6 Å². The molecule has 2 saturated heterocycles. The lowest BCUT2D eigenvalue weighted by Crippen LogP contribution is -2.51. The molecular formula is C44H47FN8O6S2. The number of phenolic OH excluding ortho intramolecular Hbond substituents is 1. The van der Waals surface area contributed by atoms with Crippen LogP contribution < -0.4 is 10.1 Å². The molecule has 2 aromatic carbocycles. The number of benzene rings is 2. The van der Waals surface area contributed by atoms with Gasteiger partial charge in [-0.05, 0) is 72.2 Å². The van der Waals surface area contributed by atoms with E-state index in [2.05, 4.69) is 41.6 Å². The van der Waals surface area contributed by atoms with Crippen LogP contribution in [0.2, 0.25) is 0 Å². The predicted molar refractivity (Wildman–Crippen MR) is 230 cm³/mol. The number of aliphatic hydroxyl groups is 1. The molecule has 318 valence electrons. The van der Waals surface area contributed by atoms with E-state index in [0.717, 1.165) is 45.9 Å². The molecule has 0 radical (unpaired) electrons. The highest BCUT2D eigenvalue weighted by Crippen LogP contribution is 2.58. The number of aliphatic hydroxyl groups excluding tert-OH is 1. The van der Waals surface area contributed by atoms with Crippen LogP contribution in [0, 0.1) is 30.5 Å². The number of likely N-dealkylation sites (tertiary alicyclic amines) is 2. The standard InChI is InChI=1S/C44H47FN8O6S2/c1-22(2)37(43(57)53-18-27(54)16-34(53)42(56)48-44(4,60)26-10-8-24(9-11-26)40-23(3)46-21-61-40)35-17-36(51-59-35)58-13-12-52-19-29-30(20-52)38(29)33-15-25-14-32(49-50-41(25)47-33)28-6-5-7-31(45)39(28)55/h5-11,14-15,17,21-22,27,29-30,34,37-38,54-55,60H,12-13,16,18-20H2,1-4H3,(H,47,50)(H,48,56)/t27-,29-,30+,34+,37-,38+,44?/m1/s1. The van der Waals surface area contributed by atoms with E-state index >= 15 is 0 Å². The number of halogens is 1. The van der Waals surface area contributed by atoms with Crippen LogP contribution in [0.5, 0.6) is 11.6 Å². The number of β-amino-alcohol motifs (C(OH)–C–C–N with tert-alkyl or cyclic N) is 1. The van der Waals surface area contributed by atoms with Crippen LogP contribution in [0.1, 0.15) is 61.7 Å². The molecule has 6 heterocycles. The summed E-state index contributed by atoms with van der Waals surface area (Å²) >= 11 is 6.38. The first-order valence-electron chi connectivity index (χ1n) is 20.5. The van der Waals surface area contributed by atoms with Crippen molar-refractivity contribution in [3.05, 3.63) is 94.7 Å². The van der Waals surface area contributed by atoms with Gasteiger partial charge in [0.25, 0.3) is 5.88 Å². The Labute approximate surface area is 360 Å². The molecule has 61 heavy (non-hydrogen) atoms. The molecule has 0 bridgehead atoms. The summed E-state index contributed by atoms with van der Waals surface area (Å²) < 4.78 is 25.7. The number of carbonyl (C=O) groups excluding carboxylic acids is 2. The number of ether oxygens (including phenoxy) is 1. The molecule has 3 aliphatic rings. The summed E-state index contributed by atoms with van der Waals surface area (Å²) in [5.41, 5.74) is 7.01. The first-order chi connectivity index (χ1) is 29.3. The van der Waals surface area contributed by atoms with Gasteiger partial charge >= 0.3 is 0 Å². The maximum atomic E-state index is 14.2. The van der Waals surface area contributed by atoms with E-state index in [9.17, 15) is 24.2 Å². The Morgan fingerprint density at radius 2 is 1.89 bits per heavy atom. The van der Waals surface area contributed by atoms with Gasteiger partial charge in [0, 0.05) is 61.2 Å². The summed E-state index contributed by atoms with van der Waals surface area (Å²) in [6.45, 7) is 10.5. The molecule has 4 N–H and O–H groups in total. The van der Waals surface area contributed by atoms with Crippen molar-refractivity contribution >= 4 is 46.8 Å². The number of piperidine rings is 1. The van der Waals surface area contributed by atoms with E-state index in [-0.39, 0.29) is 30.7 Å². The molecule has 6 aromatic rings. The zero-order chi connectivity index (χ0) is 42.7. The number of aryl methyl sites for hydroxylation is 1. The minimum absolute atomic E-state index is 0.0137. The number of hydrogen-bond donors (Lipinski definition) is 5. The molecule has 3 fully saturated rings. The second-order valence-electron chi connectivity index (χ2n) is 16.9. The zero-order valence-electron chi connectivity index (χ0n) is 34.1. The first kappa shape index (κ1) is 41.0. The normalized spacial score (nSPS) is 22.7. The topological polar surface area (TPSA) is 183 Å². The molecule has 14 nitrogen and oxygen atoms in total. The molecule has 1 saturated carbocycles. The van der Waals surface area contributed by atoms with Crippen LogP contribution in [0.4, 0.5) is 4.39 Å². The number of aromatic nitrogens is 5. The summed E-state index contributed by atoms with van der Waals surface area (Å²) in [6.07, 6.45) is -0.767. The largest absolute Gasteiger partial charge is 0.504 e. The fraction of sp³-hybridized carbons (Fsp3) is 0.409. The second-order valence-corrected chi connectivity index (χ2v) is 18.7. The number of hydrogen-bond acceptors (Lipinski definition) is 13. The summed E-state index contributed by atoms with van der Waals surface area (Å²) in [5.74, 6) is -0.882. The smallest absolute Gasteiger partial charge is 0.254 e. The van der Waals surface area contributed by atoms with Crippen LogP contribution in [-0.4, -0.2) is 102 Å². The molecule has 1 unspecified atom stereocenters. The van der Waals surface area contributed by atoms with Crippen molar-refractivity contribution in [1.82, 2.24) is 40.4 Å². The van der Waals surface area contributed by atoms with Crippen molar-refractivity contribution in [2.75, 3.05) is 32.8 Å². The summed E-state index contributed by atoms with van der Waals surface area (Å²) in [6, 6.07) is 16.8. The van der Waals surface area contributed by atoms with E-state index in [1.54, 1.807) is 30.4 Å². The molecular weight excluding hydrogens is 820 g/mol. The third kappa shape index (κ3) is 7.99. The Morgan fingerprint density at radius 3 is 2.61 bits per heavy atom. The lowest BCUT2D eigenvalue weighted by atomic mass is 9.91. The molecule has 7 atom stereocenters. The predicted octanol–water partition coefficient (Wildman–Crippen LogP) is 6.23. The number of nitrogens with zero attached hydrogens (tertiary/aromatic N) is 6. The van der Waals surface area contributed by atoms with E-state index in [1.807, 2.05) is 56.6 Å². The number of aromatic amines is 1. The highest BCUT2D eigenvalue weighted by atomic mass is 32.1. The maximum absolute atomic E-state index is 14.2. The van der Waals surface area contributed by atoms with E-state index in [4.69, 9.17) is 21.9 Å². The summed E-state index contributed by atoms with van der Waals surface area (Å²) in [4.78, 5) is 39.6. The number of nitrogens with one attached hydrogen (secondary N) is 2. The van der Waals surface area contributed by atoms with Gasteiger partial charge in [0.05, 0.1) is 27.9 Å². The second kappa shape index (κ2) is 16.2. The molecule has 0 spiro atoms. The minimum Gasteiger partial charge on any atom is -0.504 e. The quantitative estimate of drug-likeness (QED) is 0.0655. The number of H-pyrrole nitrogens is 1. The number of carbonyl (C=O) groups is 2. The van der Waals surface area contributed by atoms with Crippen molar-refractivity contribution in [2.45, 2.75) is 63.0 Å². The highest BCUT2D eigenvalue weighted by molar-refractivity contribution is 7.81. The number of aromatic hydroxyl groups is 1. The van der Waals surface area contributed by atoms with Crippen LogP contribution in [0.3, 0.4) is 0 Å². The fourth-order valence-electron chi connectivity index (χ4n) is 9.15. The van der Waals surface area contributed by atoms with Gasteiger partial charge in [0.2, 0.25) is 11.8 Å². The van der Waals surface area contributed by atoms with Gasteiger partial charge in [-0.15, -0.1) is 34.2 Å². The Morgan fingerprint density at radius 1 is 1.11 bits per heavy atom. The highest BCUT2D eigenvalue weighted by Gasteiger charge is 2.56. The van der Waals surface area contributed by atoms with Crippen LogP contribution in [0.25, 0.3) is 32.7 Å². The summed E-state index contributed by atoms with van der Waals surface area (Å²) in [7, 11) is 0. The monoisotopic (exact) mass is 866 g/mol. The van der Waals surface area contributed by atoms with E-state index < -0.39 is 40.4 Å². The number of thiazole rings is 1. The van der Waals surface area contributed by atoms with Crippen molar-refractivity contribution in [1.29, 1.82) is 0 Å². The van der Waals surface area contributed by atoms with Gasteiger partial charge < -0.3 is 34.7 Å². The van der Waals surface area contributed by atoms with Crippen molar-refractivity contribution in [3.8, 4) is 33.3 Å². The first-order valence-corrected chi connectivity index (χ1v) is 21.8. The molecule has 2 amide bonds. The Kier molecular flexibility index (Phi) is 10.9. The van der Waals surface area contributed by atoms with Crippen molar-refractivity contribution < 1.29 is 33.5 Å². The average molecular weight is 867 g/mol. The number of thiol groups is 1. The molecule has 2 aliphatic heterocycles. The van der Waals surface area contributed by atoms with Crippen LogP contribution >= 0.6 is 24.0 Å². The third-order valence-electron chi connectivity index (χ3n) is 12.4. The van der Waals surface area contributed by atoms with Crippen LogP contribution in [0.15, 0.2) is 70.7 Å².